The van der Waals surface area contributed by atoms with E-state index >= 15 is 0 Å². The molecule has 0 aliphatic carbocycles. The first-order chi connectivity index (χ1) is 11.3. The van der Waals surface area contributed by atoms with Gasteiger partial charge in [0.05, 0.1) is 16.2 Å². The van der Waals surface area contributed by atoms with Crippen LogP contribution in [0.25, 0.3) is 11.1 Å². The van der Waals surface area contributed by atoms with Crippen molar-refractivity contribution >= 4 is 31.1 Å². The van der Waals surface area contributed by atoms with Crippen molar-refractivity contribution in [2.75, 3.05) is 25.4 Å². The van der Waals surface area contributed by atoms with Gasteiger partial charge in [0.2, 0.25) is 20.0 Å². The third-order valence-corrected chi connectivity index (χ3v) is 7.14. The molecule has 24 heavy (non-hydrogen) atoms. The molecule has 1 fully saturated rings. The summed E-state index contributed by atoms with van der Waals surface area (Å²) in [5, 5.41) is 0. The number of benzene rings is 1. The number of sulfonamides is 2. The molecule has 9 nitrogen and oxygen atoms in total. The van der Waals surface area contributed by atoms with Crippen LogP contribution in [0, 0.1) is 0 Å². The zero-order valence-electron chi connectivity index (χ0n) is 12.7. The van der Waals surface area contributed by atoms with Gasteiger partial charge in [-0.2, -0.15) is 0 Å². The van der Waals surface area contributed by atoms with Crippen LogP contribution in [-0.2, 0) is 20.0 Å². The predicted octanol–water partition coefficient (Wildman–Crippen LogP) is -0.175. The molecule has 1 aromatic heterocycles. The Balaban J connectivity index is 1.69. The van der Waals surface area contributed by atoms with Gasteiger partial charge in [-0.15, -0.1) is 0 Å². The molecule has 0 spiro atoms. The quantitative estimate of drug-likeness (QED) is 0.721. The molecule has 1 saturated heterocycles. The number of fused-ring (bicyclic) bond motifs is 1. The molecule has 0 bridgehead atoms. The maximum Gasteiger partial charge on any atom is 0.417 e. The van der Waals surface area contributed by atoms with E-state index in [9.17, 15) is 21.6 Å². The number of oxazole rings is 1. The van der Waals surface area contributed by atoms with Crippen LogP contribution in [0.4, 0.5) is 0 Å². The average Bonchev–Trinajstić information content (AvgIpc) is 3.14. The molecule has 1 aromatic carbocycles. The Bertz CT molecular complexity index is 1000. The molecule has 3 rings (SSSR count). The average molecular weight is 375 g/mol. The van der Waals surface area contributed by atoms with Gasteiger partial charge in [-0.25, -0.2) is 30.7 Å². The van der Waals surface area contributed by atoms with E-state index in [1.165, 1.54) is 22.5 Å². The number of H-pyrrole nitrogens is 1. The van der Waals surface area contributed by atoms with Crippen LogP contribution in [0.2, 0.25) is 0 Å². The maximum atomic E-state index is 12.2. The number of aromatic amines is 1. The zero-order valence-corrected chi connectivity index (χ0v) is 14.3. The minimum Gasteiger partial charge on any atom is -0.408 e. The molecule has 1 aliphatic heterocycles. The first-order valence-corrected chi connectivity index (χ1v) is 10.5. The van der Waals surface area contributed by atoms with Gasteiger partial charge >= 0.3 is 5.76 Å². The lowest BCUT2D eigenvalue weighted by molar-refractivity contribution is 0.477. The number of nitrogens with zero attached hydrogens (tertiary/aromatic N) is 1. The molecule has 0 radical (unpaired) electrons. The lowest BCUT2D eigenvalue weighted by Crippen LogP contribution is -2.36. The Morgan fingerprint density at radius 2 is 1.88 bits per heavy atom. The Kier molecular flexibility index (Phi) is 4.51. The third-order valence-electron chi connectivity index (χ3n) is 3.81. The van der Waals surface area contributed by atoms with Gasteiger partial charge < -0.3 is 4.42 Å². The van der Waals surface area contributed by atoms with E-state index < -0.39 is 25.8 Å². The van der Waals surface area contributed by atoms with Gasteiger partial charge in [0.1, 0.15) is 0 Å². The predicted molar refractivity (Wildman–Crippen MR) is 86.6 cm³/mol. The lowest BCUT2D eigenvalue weighted by Gasteiger charge is -2.15. The Hall–Kier alpha value is -1.69. The second kappa shape index (κ2) is 6.31. The van der Waals surface area contributed by atoms with E-state index in [0.717, 1.165) is 12.8 Å². The summed E-state index contributed by atoms with van der Waals surface area (Å²) in [7, 11) is -7.35. The normalized spacial score (nSPS) is 16.8. The van der Waals surface area contributed by atoms with Gasteiger partial charge in [0, 0.05) is 25.7 Å². The fourth-order valence-electron chi connectivity index (χ4n) is 2.58. The summed E-state index contributed by atoms with van der Waals surface area (Å²) in [6, 6.07) is 3.94. The van der Waals surface area contributed by atoms with Crippen LogP contribution in [0.15, 0.2) is 32.3 Å². The summed E-state index contributed by atoms with van der Waals surface area (Å²) in [5.41, 5.74) is 0.503. The smallest absolute Gasteiger partial charge is 0.408 e. The first kappa shape index (κ1) is 17.1. The van der Waals surface area contributed by atoms with Crippen molar-refractivity contribution in [2.45, 2.75) is 17.7 Å². The van der Waals surface area contributed by atoms with Crippen LogP contribution in [0.1, 0.15) is 12.8 Å². The summed E-state index contributed by atoms with van der Waals surface area (Å²) in [6.07, 6.45) is 1.65. The molecule has 2 aromatic rings. The van der Waals surface area contributed by atoms with Crippen molar-refractivity contribution in [3.63, 3.8) is 0 Å². The molecule has 2 N–H and O–H groups in total. The highest BCUT2D eigenvalue weighted by molar-refractivity contribution is 7.90. The highest BCUT2D eigenvalue weighted by Gasteiger charge is 2.25. The van der Waals surface area contributed by atoms with Gasteiger partial charge in [-0.1, -0.05) is 0 Å². The number of rotatable bonds is 6. The largest absolute Gasteiger partial charge is 0.417 e. The van der Waals surface area contributed by atoms with Gasteiger partial charge in [0.15, 0.2) is 5.58 Å². The molecule has 0 unspecified atom stereocenters. The van der Waals surface area contributed by atoms with Crippen LogP contribution in [0.5, 0.6) is 0 Å². The zero-order chi connectivity index (χ0) is 17.4. The summed E-state index contributed by atoms with van der Waals surface area (Å²) < 4.78 is 57.1. The van der Waals surface area contributed by atoms with E-state index in [0.29, 0.717) is 18.6 Å². The molecular weight excluding hydrogens is 358 g/mol. The molecule has 0 saturated carbocycles. The van der Waals surface area contributed by atoms with Crippen molar-refractivity contribution in [3.05, 3.63) is 28.7 Å². The fraction of sp³-hybridized carbons (Fsp3) is 0.462. The van der Waals surface area contributed by atoms with Crippen molar-refractivity contribution in [2.24, 2.45) is 0 Å². The topological polar surface area (TPSA) is 130 Å². The van der Waals surface area contributed by atoms with Crippen LogP contribution in [-0.4, -0.2) is 51.5 Å². The SMILES string of the molecule is O=c1[nH]c2ccc(S(=O)(=O)NCCS(=O)(=O)N3CCCC3)cc2o1. The first-order valence-electron chi connectivity index (χ1n) is 7.38. The van der Waals surface area contributed by atoms with Crippen molar-refractivity contribution in [1.82, 2.24) is 14.0 Å². The van der Waals surface area contributed by atoms with Crippen molar-refractivity contribution in [3.8, 4) is 0 Å². The lowest BCUT2D eigenvalue weighted by atomic mass is 10.3. The second-order valence-corrected chi connectivity index (χ2v) is 9.35. The minimum atomic E-state index is -3.90. The Morgan fingerprint density at radius 1 is 1.17 bits per heavy atom. The Labute approximate surface area is 138 Å². The van der Waals surface area contributed by atoms with Crippen molar-refractivity contribution in [1.29, 1.82) is 0 Å². The van der Waals surface area contributed by atoms with Gasteiger partial charge in [-0.3, -0.25) is 4.98 Å². The second-order valence-electron chi connectivity index (χ2n) is 5.49. The number of hydrogen-bond donors (Lipinski definition) is 2. The summed E-state index contributed by atoms with van der Waals surface area (Å²) >= 11 is 0. The van der Waals surface area contributed by atoms with E-state index in [-0.39, 0.29) is 22.8 Å². The van der Waals surface area contributed by atoms with Crippen LogP contribution >= 0.6 is 0 Å². The number of hydrogen-bond acceptors (Lipinski definition) is 6. The van der Waals surface area contributed by atoms with Crippen LogP contribution in [0.3, 0.4) is 0 Å². The third kappa shape index (κ3) is 3.53. The Morgan fingerprint density at radius 3 is 2.58 bits per heavy atom. The highest BCUT2D eigenvalue weighted by Crippen LogP contribution is 2.17. The molecule has 132 valence electrons. The monoisotopic (exact) mass is 375 g/mol. The molecule has 2 heterocycles. The highest BCUT2D eigenvalue weighted by atomic mass is 32.2. The van der Waals surface area contributed by atoms with E-state index in [1.807, 2.05) is 0 Å². The molecule has 11 heteroatoms. The summed E-state index contributed by atoms with van der Waals surface area (Å²) in [5.74, 6) is -0.975. The van der Waals surface area contributed by atoms with Crippen molar-refractivity contribution < 1.29 is 21.3 Å². The van der Waals surface area contributed by atoms with E-state index in [2.05, 4.69) is 9.71 Å². The van der Waals surface area contributed by atoms with E-state index in [1.54, 1.807) is 0 Å². The standard InChI is InChI=1S/C13H17N3O6S2/c17-13-15-11-4-3-10(9-12(11)22-13)24(20,21)14-5-8-23(18,19)16-6-1-2-7-16/h3-4,9,14H,1-2,5-8H2,(H,15,17). The van der Waals surface area contributed by atoms with Crippen LogP contribution < -0.4 is 10.5 Å². The minimum absolute atomic E-state index is 0.101. The van der Waals surface area contributed by atoms with Gasteiger partial charge in [-0.05, 0) is 25.0 Å². The van der Waals surface area contributed by atoms with E-state index in [4.69, 9.17) is 4.42 Å². The summed E-state index contributed by atoms with van der Waals surface area (Å²) in [6.45, 7) is 0.743. The molecule has 1 aliphatic rings. The maximum absolute atomic E-state index is 12.2. The van der Waals surface area contributed by atoms with Gasteiger partial charge in [0.25, 0.3) is 0 Å². The molecular formula is C13H17N3O6S2. The molecule has 0 amide bonds. The summed E-state index contributed by atoms with van der Waals surface area (Å²) in [4.78, 5) is 13.4. The molecule has 0 atom stereocenters. The number of nitrogens with one attached hydrogen (secondary N) is 2. The fourth-order valence-corrected chi connectivity index (χ4v) is 5.19. The number of aromatic nitrogens is 1.